The van der Waals surface area contributed by atoms with Crippen LogP contribution >= 0.6 is 11.6 Å². The quantitative estimate of drug-likeness (QED) is 0.682. The Bertz CT molecular complexity index is 352. The van der Waals surface area contributed by atoms with E-state index in [1.165, 1.54) is 0 Å². The van der Waals surface area contributed by atoms with E-state index in [-0.39, 0.29) is 0 Å². The van der Waals surface area contributed by atoms with E-state index >= 15 is 0 Å². The van der Waals surface area contributed by atoms with Crippen molar-refractivity contribution in [3.63, 3.8) is 0 Å². The molecule has 0 bridgehead atoms. The molecule has 12 heavy (non-hydrogen) atoms. The first-order valence-electron chi connectivity index (χ1n) is 3.47. The van der Waals surface area contributed by atoms with Crippen molar-refractivity contribution in [3.05, 3.63) is 35.9 Å². The molecule has 0 unspecified atom stereocenters. The molecule has 1 N–H and O–H groups in total. The van der Waals surface area contributed by atoms with E-state index in [0.717, 1.165) is 11.4 Å². The number of hydrogen-bond acceptors (Lipinski definition) is 2. The molecule has 0 fully saturated rings. The van der Waals surface area contributed by atoms with Gasteiger partial charge in [-0.1, -0.05) is 11.6 Å². The summed E-state index contributed by atoms with van der Waals surface area (Å²) in [5.74, 6) is 0.805. The molecule has 0 aliphatic heterocycles. The number of nitrogens with zero attached hydrogens (tertiary/aromatic N) is 2. The topological polar surface area (TPSA) is 41.6 Å². The Kier molecular flexibility index (Phi) is 1.80. The summed E-state index contributed by atoms with van der Waals surface area (Å²) in [5, 5.41) is 0.491. The molecule has 2 heterocycles. The first-order chi connectivity index (χ1) is 5.86. The van der Waals surface area contributed by atoms with Gasteiger partial charge in [0.1, 0.15) is 11.0 Å². The highest BCUT2D eigenvalue weighted by atomic mass is 35.5. The Morgan fingerprint density at radius 3 is 2.75 bits per heavy atom. The molecule has 0 saturated heterocycles. The summed E-state index contributed by atoms with van der Waals surface area (Å²) in [5.41, 5.74) is 0.935. The van der Waals surface area contributed by atoms with Crippen LogP contribution < -0.4 is 0 Å². The van der Waals surface area contributed by atoms with Crippen molar-refractivity contribution in [2.24, 2.45) is 0 Å². The van der Waals surface area contributed by atoms with Crippen LogP contribution in [0.1, 0.15) is 0 Å². The van der Waals surface area contributed by atoms with Crippen LogP contribution in [-0.4, -0.2) is 15.0 Å². The zero-order valence-corrected chi connectivity index (χ0v) is 6.92. The monoisotopic (exact) mass is 179 g/mol. The van der Waals surface area contributed by atoms with Crippen molar-refractivity contribution < 1.29 is 0 Å². The largest absolute Gasteiger partial charge is 0.345 e. The molecular weight excluding hydrogens is 174 g/mol. The summed E-state index contributed by atoms with van der Waals surface area (Å²) in [7, 11) is 0. The third-order valence-corrected chi connectivity index (χ3v) is 1.72. The molecule has 4 heteroatoms. The van der Waals surface area contributed by atoms with Crippen molar-refractivity contribution in [1.82, 2.24) is 15.0 Å². The zero-order chi connectivity index (χ0) is 8.39. The number of rotatable bonds is 1. The van der Waals surface area contributed by atoms with Gasteiger partial charge < -0.3 is 4.98 Å². The number of pyridine rings is 1. The Hall–Kier alpha value is -1.35. The molecule has 2 aromatic heterocycles. The number of aromatic nitrogens is 3. The normalized spacial score (nSPS) is 10.1. The summed E-state index contributed by atoms with van der Waals surface area (Å²) >= 11 is 5.63. The van der Waals surface area contributed by atoms with Gasteiger partial charge in [0, 0.05) is 24.2 Å². The lowest BCUT2D eigenvalue weighted by atomic mass is 10.3. The van der Waals surface area contributed by atoms with Crippen LogP contribution in [0.15, 0.2) is 30.7 Å². The van der Waals surface area contributed by atoms with E-state index in [1.807, 2.05) is 6.07 Å². The van der Waals surface area contributed by atoms with Crippen molar-refractivity contribution in [1.29, 1.82) is 0 Å². The van der Waals surface area contributed by atoms with Crippen LogP contribution in [0.3, 0.4) is 0 Å². The van der Waals surface area contributed by atoms with Crippen molar-refractivity contribution >= 4 is 11.6 Å². The number of imidazole rings is 1. The molecule has 0 aromatic carbocycles. The highest BCUT2D eigenvalue weighted by Crippen LogP contribution is 2.14. The Morgan fingerprint density at radius 1 is 1.25 bits per heavy atom. The smallest absolute Gasteiger partial charge is 0.138 e. The highest BCUT2D eigenvalue weighted by Gasteiger charge is 1.98. The van der Waals surface area contributed by atoms with Crippen molar-refractivity contribution in [3.8, 4) is 11.4 Å². The standard InChI is InChI=1S/C8H6ClN3/c9-7-2-1-6(5-12-7)8-10-3-4-11-8/h1-5H,(H,10,11). The molecule has 2 rings (SSSR count). The number of hydrogen-bond donors (Lipinski definition) is 1. The molecule has 60 valence electrons. The molecule has 0 atom stereocenters. The fourth-order valence-corrected chi connectivity index (χ4v) is 1.05. The number of halogens is 1. The van der Waals surface area contributed by atoms with Crippen LogP contribution in [0, 0.1) is 0 Å². The lowest BCUT2D eigenvalue weighted by Gasteiger charge is -1.94. The minimum atomic E-state index is 0.491. The van der Waals surface area contributed by atoms with Gasteiger partial charge in [-0.15, -0.1) is 0 Å². The van der Waals surface area contributed by atoms with Gasteiger partial charge >= 0.3 is 0 Å². The van der Waals surface area contributed by atoms with E-state index < -0.39 is 0 Å². The predicted octanol–water partition coefficient (Wildman–Crippen LogP) is 2.13. The van der Waals surface area contributed by atoms with E-state index in [0.29, 0.717) is 5.15 Å². The SMILES string of the molecule is Clc1ccc(-c2ncc[nH]2)cn1. The second-order valence-corrected chi connectivity index (χ2v) is 2.69. The molecule has 0 aliphatic rings. The third-order valence-electron chi connectivity index (χ3n) is 1.50. The van der Waals surface area contributed by atoms with Crippen LogP contribution in [0.25, 0.3) is 11.4 Å². The second kappa shape index (κ2) is 2.95. The molecule has 0 amide bonds. The van der Waals surface area contributed by atoms with Gasteiger partial charge in [-0.05, 0) is 12.1 Å². The Morgan fingerprint density at radius 2 is 2.17 bits per heavy atom. The molecule has 0 spiro atoms. The van der Waals surface area contributed by atoms with E-state index in [1.54, 1.807) is 24.7 Å². The summed E-state index contributed by atoms with van der Waals surface area (Å²) < 4.78 is 0. The minimum Gasteiger partial charge on any atom is -0.345 e. The van der Waals surface area contributed by atoms with Crippen molar-refractivity contribution in [2.45, 2.75) is 0 Å². The highest BCUT2D eigenvalue weighted by molar-refractivity contribution is 6.29. The molecule has 0 radical (unpaired) electrons. The van der Waals surface area contributed by atoms with E-state index in [2.05, 4.69) is 15.0 Å². The zero-order valence-electron chi connectivity index (χ0n) is 6.16. The number of nitrogens with one attached hydrogen (secondary N) is 1. The molecule has 3 nitrogen and oxygen atoms in total. The van der Waals surface area contributed by atoms with Crippen LogP contribution in [0.2, 0.25) is 5.15 Å². The average molecular weight is 180 g/mol. The molecule has 0 aliphatic carbocycles. The van der Waals surface area contributed by atoms with E-state index in [4.69, 9.17) is 11.6 Å². The summed E-state index contributed by atoms with van der Waals surface area (Å²) in [6.07, 6.45) is 5.15. The number of H-pyrrole nitrogens is 1. The summed E-state index contributed by atoms with van der Waals surface area (Å²) in [6, 6.07) is 3.60. The van der Waals surface area contributed by atoms with Crippen LogP contribution in [-0.2, 0) is 0 Å². The Balaban J connectivity index is 2.43. The third kappa shape index (κ3) is 1.31. The maximum absolute atomic E-state index is 5.63. The van der Waals surface area contributed by atoms with Gasteiger partial charge in [0.15, 0.2) is 0 Å². The van der Waals surface area contributed by atoms with Crippen LogP contribution in [0.5, 0.6) is 0 Å². The van der Waals surface area contributed by atoms with Gasteiger partial charge in [-0.3, -0.25) is 0 Å². The van der Waals surface area contributed by atoms with Crippen molar-refractivity contribution in [2.75, 3.05) is 0 Å². The van der Waals surface area contributed by atoms with Gasteiger partial charge in [0.25, 0.3) is 0 Å². The van der Waals surface area contributed by atoms with Crippen LogP contribution in [0.4, 0.5) is 0 Å². The summed E-state index contributed by atoms with van der Waals surface area (Å²) in [4.78, 5) is 11.0. The van der Waals surface area contributed by atoms with Gasteiger partial charge in [0.05, 0.1) is 0 Å². The fraction of sp³-hybridized carbons (Fsp3) is 0. The minimum absolute atomic E-state index is 0.491. The predicted molar refractivity (Wildman–Crippen MR) is 46.8 cm³/mol. The van der Waals surface area contributed by atoms with E-state index in [9.17, 15) is 0 Å². The molecule has 2 aromatic rings. The molecule has 0 saturated carbocycles. The second-order valence-electron chi connectivity index (χ2n) is 2.31. The van der Waals surface area contributed by atoms with Gasteiger partial charge in [0.2, 0.25) is 0 Å². The first kappa shape index (κ1) is 7.31. The first-order valence-corrected chi connectivity index (χ1v) is 3.85. The fourth-order valence-electron chi connectivity index (χ4n) is 0.939. The lowest BCUT2D eigenvalue weighted by molar-refractivity contribution is 1.26. The molecular formula is C8H6ClN3. The van der Waals surface area contributed by atoms with Gasteiger partial charge in [-0.2, -0.15) is 0 Å². The summed E-state index contributed by atoms with van der Waals surface area (Å²) in [6.45, 7) is 0. The average Bonchev–Trinajstić information content (AvgIpc) is 2.58. The van der Waals surface area contributed by atoms with Gasteiger partial charge in [-0.25, -0.2) is 9.97 Å². The maximum atomic E-state index is 5.63. The Labute approximate surface area is 74.4 Å². The maximum Gasteiger partial charge on any atom is 0.138 e. The number of aromatic amines is 1. The lowest BCUT2D eigenvalue weighted by Crippen LogP contribution is -1.81.